The number of aliphatic hydroxyl groups excluding tert-OH is 2. The molecule has 58 valence electrons. The SMILES string of the molecule is OC1C[C@@H]2CCC(O2)C1O. The Balaban J connectivity index is 2.09. The van der Waals surface area contributed by atoms with E-state index in [4.69, 9.17) is 4.74 Å². The van der Waals surface area contributed by atoms with Gasteiger partial charge in [-0.25, -0.2) is 0 Å². The molecule has 0 aliphatic carbocycles. The topological polar surface area (TPSA) is 49.7 Å². The molecule has 2 rings (SSSR count). The Hall–Kier alpha value is -0.120. The Morgan fingerprint density at radius 2 is 2.00 bits per heavy atom. The maximum Gasteiger partial charge on any atom is 0.106 e. The van der Waals surface area contributed by atoms with Crippen LogP contribution in [0, 0.1) is 0 Å². The van der Waals surface area contributed by atoms with Crippen molar-refractivity contribution in [3.05, 3.63) is 0 Å². The predicted octanol–water partition coefficient (Wildman–Crippen LogP) is -0.340. The second-order valence-corrected chi connectivity index (χ2v) is 3.17. The molecule has 2 aliphatic heterocycles. The van der Waals surface area contributed by atoms with Crippen LogP contribution < -0.4 is 0 Å². The zero-order chi connectivity index (χ0) is 7.14. The lowest BCUT2D eigenvalue weighted by atomic mass is 10.0. The molecule has 10 heavy (non-hydrogen) atoms. The summed E-state index contributed by atoms with van der Waals surface area (Å²) in [6.07, 6.45) is 1.45. The third-order valence-electron chi connectivity index (χ3n) is 2.42. The van der Waals surface area contributed by atoms with Crippen molar-refractivity contribution in [3.63, 3.8) is 0 Å². The van der Waals surface area contributed by atoms with Gasteiger partial charge in [0.2, 0.25) is 0 Å². The molecule has 0 aromatic carbocycles. The van der Waals surface area contributed by atoms with Crippen molar-refractivity contribution >= 4 is 0 Å². The zero-order valence-corrected chi connectivity index (χ0v) is 5.73. The molecule has 0 radical (unpaired) electrons. The summed E-state index contributed by atoms with van der Waals surface area (Å²) >= 11 is 0. The van der Waals surface area contributed by atoms with Crippen LogP contribution in [0.25, 0.3) is 0 Å². The summed E-state index contributed by atoms with van der Waals surface area (Å²) in [5.41, 5.74) is 0. The van der Waals surface area contributed by atoms with Gasteiger partial charge in [-0.2, -0.15) is 0 Å². The number of hydrogen-bond donors (Lipinski definition) is 2. The van der Waals surface area contributed by atoms with Crippen LogP contribution >= 0.6 is 0 Å². The van der Waals surface area contributed by atoms with E-state index in [1.165, 1.54) is 0 Å². The minimum atomic E-state index is -0.640. The first-order chi connectivity index (χ1) is 4.77. The summed E-state index contributed by atoms with van der Waals surface area (Å²) in [4.78, 5) is 0. The highest BCUT2D eigenvalue weighted by Crippen LogP contribution is 2.32. The van der Waals surface area contributed by atoms with E-state index >= 15 is 0 Å². The lowest BCUT2D eigenvalue weighted by Gasteiger charge is -2.29. The Labute approximate surface area is 59.6 Å². The number of hydrogen-bond acceptors (Lipinski definition) is 3. The fourth-order valence-corrected chi connectivity index (χ4v) is 1.81. The lowest BCUT2D eigenvalue weighted by Crippen LogP contribution is -2.43. The van der Waals surface area contributed by atoms with Crippen molar-refractivity contribution in [2.45, 2.75) is 43.7 Å². The first kappa shape index (κ1) is 6.58. The Morgan fingerprint density at radius 1 is 1.20 bits per heavy atom. The predicted molar refractivity (Wildman–Crippen MR) is 34.5 cm³/mol. The molecule has 0 aromatic rings. The first-order valence-electron chi connectivity index (χ1n) is 3.79. The number of rotatable bonds is 0. The van der Waals surface area contributed by atoms with Gasteiger partial charge in [0.25, 0.3) is 0 Å². The second-order valence-electron chi connectivity index (χ2n) is 3.17. The highest BCUT2D eigenvalue weighted by atomic mass is 16.5. The van der Waals surface area contributed by atoms with Gasteiger partial charge in [0, 0.05) is 6.42 Å². The van der Waals surface area contributed by atoms with E-state index in [1.807, 2.05) is 0 Å². The van der Waals surface area contributed by atoms with Gasteiger partial charge < -0.3 is 14.9 Å². The minimum absolute atomic E-state index is 0.0891. The fourth-order valence-electron chi connectivity index (χ4n) is 1.81. The molecule has 4 atom stereocenters. The molecule has 0 amide bonds. The van der Waals surface area contributed by atoms with E-state index in [0.717, 1.165) is 12.8 Å². The van der Waals surface area contributed by atoms with Gasteiger partial charge in [0.05, 0.1) is 18.3 Å². The summed E-state index contributed by atoms with van der Waals surface area (Å²) < 4.78 is 5.37. The summed E-state index contributed by atoms with van der Waals surface area (Å²) in [5, 5.41) is 18.5. The quantitative estimate of drug-likeness (QED) is 0.489. The highest BCUT2D eigenvalue weighted by Gasteiger charge is 2.41. The molecule has 3 unspecified atom stereocenters. The second kappa shape index (κ2) is 2.19. The van der Waals surface area contributed by atoms with Crippen LogP contribution in [0.2, 0.25) is 0 Å². The van der Waals surface area contributed by atoms with Gasteiger partial charge in [-0.3, -0.25) is 0 Å². The van der Waals surface area contributed by atoms with E-state index in [2.05, 4.69) is 0 Å². The average Bonchev–Trinajstić information content (AvgIpc) is 2.29. The van der Waals surface area contributed by atoms with Crippen molar-refractivity contribution in [2.75, 3.05) is 0 Å². The van der Waals surface area contributed by atoms with Crippen molar-refractivity contribution < 1.29 is 14.9 Å². The minimum Gasteiger partial charge on any atom is -0.390 e. The smallest absolute Gasteiger partial charge is 0.106 e. The van der Waals surface area contributed by atoms with Gasteiger partial charge in [-0.05, 0) is 12.8 Å². The van der Waals surface area contributed by atoms with Crippen molar-refractivity contribution in [2.24, 2.45) is 0 Å². The maximum absolute atomic E-state index is 9.29. The Bertz CT molecular complexity index is 137. The van der Waals surface area contributed by atoms with Crippen molar-refractivity contribution in [1.82, 2.24) is 0 Å². The average molecular weight is 144 g/mol. The van der Waals surface area contributed by atoms with E-state index in [9.17, 15) is 10.2 Å². The standard InChI is InChI=1S/C7H12O3/c8-5-3-4-1-2-6(10-4)7(5)9/h4-9H,1-3H2/t4-,5?,6?,7?/m0/s1. The molecule has 2 bridgehead atoms. The monoisotopic (exact) mass is 144 g/mol. The van der Waals surface area contributed by atoms with Crippen LogP contribution in [0.15, 0.2) is 0 Å². The number of ether oxygens (including phenoxy) is 1. The van der Waals surface area contributed by atoms with Crippen LogP contribution in [-0.4, -0.2) is 34.6 Å². The fraction of sp³-hybridized carbons (Fsp3) is 1.00. The molecular formula is C7H12O3. The van der Waals surface area contributed by atoms with Gasteiger partial charge in [-0.15, -0.1) is 0 Å². The Morgan fingerprint density at radius 3 is 2.80 bits per heavy atom. The van der Waals surface area contributed by atoms with Crippen LogP contribution in [0.4, 0.5) is 0 Å². The number of aliphatic hydroxyl groups is 2. The number of fused-ring (bicyclic) bond motifs is 2. The molecule has 3 nitrogen and oxygen atoms in total. The molecular weight excluding hydrogens is 132 g/mol. The van der Waals surface area contributed by atoms with Crippen molar-refractivity contribution in [3.8, 4) is 0 Å². The molecule has 2 saturated heterocycles. The molecule has 2 aliphatic rings. The highest BCUT2D eigenvalue weighted by molar-refractivity contribution is 4.90. The van der Waals surface area contributed by atoms with E-state index in [-0.39, 0.29) is 12.2 Å². The van der Waals surface area contributed by atoms with E-state index in [1.54, 1.807) is 0 Å². The molecule has 2 fully saturated rings. The molecule has 2 heterocycles. The van der Waals surface area contributed by atoms with Gasteiger partial charge in [0.1, 0.15) is 6.10 Å². The van der Waals surface area contributed by atoms with Gasteiger partial charge in [-0.1, -0.05) is 0 Å². The van der Waals surface area contributed by atoms with Crippen molar-refractivity contribution in [1.29, 1.82) is 0 Å². The maximum atomic E-state index is 9.29. The summed E-state index contributed by atoms with van der Waals surface area (Å²) in [7, 11) is 0. The third kappa shape index (κ3) is 0.856. The lowest BCUT2D eigenvalue weighted by molar-refractivity contribution is -0.136. The van der Waals surface area contributed by atoms with Crippen LogP contribution in [0.5, 0.6) is 0 Å². The first-order valence-corrected chi connectivity index (χ1v) is 3.79. The molecule has 0 spiro atoms. The van der Waals surface area contributed by atoms with E-state index < -0.39 is 12.2 Å². The normalized spacial score (nSPS) is 53.4. The van der Waals surface area contributed by atoms with Gasteiger partial charge in [0.15, 0.2) is 0 Å². The van der Waals surface area contributed by atoms with Gasteiger partial charge >= 0.3 is 0 Å². The summed E-state index contributed by atoms with van der Waals surface area (Å²) in [6, 6.07) is 0. The third-order valence-corrected chi connectivity index (χ3v) is 2.42. The largest absolute Gasteiger partial charge is 0.390 e. The Kier molecular flexibility index (Phi) is 1.44. The molecule has 0 aromatic heterocycles. The molecule has 3 heteroatoms. The summed E-state index contributed by atoms with van der Waals surface area (Å²) in [6.45, 7) is 0. The van der Waals surface area contributed by atoms with Crippen LogP contribution in [-0.2, 0) is 4.74 Å². The van der Waals surface area contributed by atoms with E-state index in [0.29, 0.717) is 6.42 Å². The molecule has 2 N–H and O–H groups in total. The molecule has 0 saturated carbocycles. The van der Waals surface area contributed by atoms with Crippen LogP contribution in [0.1, 0.15) is 19.3 Å². The summed E-state index contributed by atoms with van der Waals surface area (Å²) in [5.74, 6) is 0. The van der Waals surface area contributed by atoms with Crippen LogP contribution in [0.3, 0.4) is 0 Å². The zero-order valence-electron chi connectivity index (χ0n) is 5.73.